The standard InChI is InChI=1S/C15H23F2O.Re/c1-3-10-4-6-11(7-5-10)12-8-9-13(18-2)15(17)14(12)16;/h1,3,10-15H,4-9H2,2H3;. The molecule has 0 radical (unpaired) electrons. The van der Waals surface area contributed by atoms with Gasteiger partial charge < -0.3 is 0 Å². The summed E-state index contributed by atoms with van der Waals surface area (Å²) in [5.41, 5.74) is 0. The van der Waals surface area contributed by atoms with Gasteiger partial charge in [0.25, 0.3) is 0 Å². The minimum absolute atomic E-state index is 0.0864. The van der Waals surface area contributed by atoms with E-state index in [9.17, 15) is 8.78 Å². The Labute approximate surface area is 125 Å². The van der Waals surface area contributed by atoms with E-state index in [4.69, 9.17) is 4.74 Å². The Bertz CT molecular complexity index is 303. The zero-order valence-electron chi connectivity index (χ0n) is 11.4. The van der Waals surface area contributed by atoms with Crippen LogP contribution in [-0.2, 0) is 23.9 Å². The van der Waals surface area contributed by atoms with E-state index in [-0.39, 0.29) is 5.92 Å². The molecule has 0 N–H and O–H groups in total. The van der Waals surface area contributed by atoms with Crippen LogP contribution in [0.2, 0.25) is 0 Å². The number of halogens is 2. The van der Waals surface area contributed by atoms with Crippen molar-refractivity contribution < 1.29 is 32.7 Å². The van der Waals surface area contributed by atoms with Crippen LogP contribution in [0.15, 0.2) is 10.6 Å². The number of alkyl halides is 2. The van der Waals surface area contributed by atoms with Gasteiger partial charge in [-0.25, -0.2) is 0 Å². The predicted molar refractivity (Wildman–Crippen MR) is 67.9 cm³/mol. The number of allylic oxidation sites excluding steroid dienone is 1. The molecule has 2 rings (SSSR count). The summed E-state index contributed by atoms with van der Waals surface area (Å²) in [6, 6.07) is 0. The molecular weight excluding hydrogens is 420 g/mol. The first-order valence-corrected chi connectivity index (χ1v) is 8.82. The van der Waals surface area contributed by atoms with E-state index in [0.29, 0.717) is 18.3 Å². The Hall–Kier alpha value is 0.222. The molecule has 4 unspecified atom stereocenters. The summed E-state index contributed by atoms with van der Waals surface area (Å²) in [6.45, 7) is 0. The average Bonchev–Trinajstić information content (AvgIpc) is 2.43. The van der Waals surface area contributed by atoms with Gasteiger partial charge in [-0.1, -0.05) is 0 Å². The maximum absolute atomic E-state index is 14.2. The summed E-state index contributed by atoms with van der Waals surface area (Å²) in [6.07, 6.45) is 4.81. The van der Waals surface area contributed by atoms with Gasteiger partial charge in [0.05, 0.1) is 0 Å². The van der Waals surface area contributed by atoms with Gasteiger partial charge in [0.15, 0.2) is 0 Å². The molecule has 4 heteroatoms. The molecule has 2 aliphatic rings. The van der Waals surface area contributed by atoms with Crippen molar-refractivity contribution in [2.24, 2.45) is 17.8 Å². The zero-order chi connectivity index (χ0) is 13.8. The Balaban J connectivity index is 1.89. The number of rotatable bonds is 3. The van der Waals surface area contributed by atoms with Crippen LogP contribution in [0.25, 0.3) is 0 Å². The molecule has 0 amide bonds. The number of hydrogen-bond acceptors (Lipinski definition) is 1. The molecule has 2 saturated carbocycles. The van der Waals surface area contributed by atoms with Crippen molar-refractivity contribution in [3.8, 4) is 0 Å². The van der Waals surface area contributed by atoms with E-state index in [2.05, 4.69) is 10.6 Å². The van der Waals surface area contributed by atoms with Crippen molar-refractivity contribution in [3.05, 3.63) is 10.6 Å². The first kappa shape index (κ1) is 15.6. The molecule has 0 spiro atoms. The molecule has 110 valence electrons. The van der Waals surface area contributed by atoms with E-state index in [0.717, 1.165) is 32.1 Å². The summed E-state index contributed by atoms with van der Waals surface area (Å²) in [5, 5.41) is 0. The molecule has 2 fully saturated rings. The molecular formula is C15H23F2ORe. The summed E-state index contributed by atoms with van der Waals surface area (Å²) in [4.78, 5) is 0. The number of ether oxygens (including phenoxy) is 1. The molecule has 0 aromatic carbocycles. The molecule has 4 atom stereocenters. The number of methoxy groups -OCH3 is 1. The first-order chi connectivity index (χ1) is 9.17. The fraction of sp³-hybridized carbons (Fsp3) is 0.867. The van der Waals surface area contributed by atoms with Gasteiger partial charge in [0.2, 0.25) is 0 Å². The van der Waals surface area contributed by atoms with Crippen LogP contribution in [-0.4, -0.2) is 25.6 Å². The van der Waals surface area contributed by atoms with Crippen LogP contribution < -0.4 is 0 Å². The second-order valence-electron chi connectivity index (χ2n) is 5.90. The van der Waals surface area contributed by atoms with Crippen molar-refractivity contribution in [2.75, 3.05) is 7.11 Å². The van der Waals surface area contributed by atoms with Crippen LogP contribution >= 0.6 is 0 Å². The SMILES string of the molecule is COC1CCC(C2CCC(/C=[CH]/[Re])CC2)C(F)C1F. The van der Waals surface area contributed by atoms with E-state index >= 15 is 0 Å². The van der Waals surface area contributed by atoms with E-state index < -0.39 is 18.4 Å². The van der Waals surface area contributed by atoms with Crippen LogP contribution in [0.5, 0.6) is 0 Å². The third kappa shape index (κ3) is 3.65. The summed E-state index contributed by atoms with van der Waals surface area (Å²) >= 11 is 1.67. The normalized spacial score (nSPS) is 44.6. The monoisotopic (exact) mass is 444 g/mol. The van der Waals surface area contributed by atoms with Crippen molar-refractivity contribution >= 4 is 0 Å². The van der Waals surface area contributed by atoms with Crippen LogP contribution in [0.3, 0.4) is 0 Å². The van der Waals surface area contributed by atoms with E-state index in [1.165, 1.54) is 7.11 Å². The van der Waals surface area contributed by atoms with E-state index in [1.807, 2.05) is 0 Å². The Morgan fingerprint density at radius 3 is 2.26 bits per heavy atom. The van der Waals surface area contributed by atoms with Crippen molar-refractivity contribution in [1.82, 2.24) is 0 Å². The van der Waals surface area contributed by atoms with Gasteiger partial charge in [-0.3, -0.25) is 0 Å². The molecule has 19 heavy (non-hydrogen) atoms. The molecule has 0 aliphatic heterocycles. The molecule has 2 aliphatic carbocycles. The first-order valence-electron chi connectivity index (χ1n) is 7.25. The van der Waals surface area contributed by atoms with Crippen LogP contribution in [0, 0.1) is 17.8 Å². The molecule has 0 aromatic rings. The van der Waals surface area contributed by atoms with Gasteiger partial charge in [-0.15, -0.1) is 0 Å². The van der Waals surface area contributed by atoms with Gasteiger partial charge in [-0.05, 0) is 0 Å². The van der Waals surface area contributed by atoms with Crippen molar-refractivity contribution in [1.29, 1.82) is 0 Å². The predicted octanol–water partition coefficient (Wildman–Crippen LogP) is 3.95. The van der Waals surface area contributed by atoms with Gasteiger partial charge >= 0.3 is 125 Å². The third-order valence-electron chi connectivity index (χ3n) is 4.92. The molecule has 0 heterocycles. The zero-order valence-corrected chi connectivity index (χ0v) is 14.1. The Kier molecular flexibility index (Phi) is 5.99. The minimum atomic E-state index is -1.43. The summed E-state index contributed by atoms with van der Waals surface area (Å²) in [7, 11) is 1.48. The van der Waals surface area contributed by atoms with Crippen molar-refractivity contribution in [2.45, 2.75) is 57.0 Å². The maximum atomic E-state index is 14.2. The Morgan fingerprint density at radius 2 is 1.68 bits per heavy atom. The second kappa shape index (κ2) is 7.29. The van der Waals surface area contributed by atoms with Gasteiger partial charge in [-0.2, -0.15) is 0 Å². The topological polar surface area (TPSA) is 9.23 Å². The van der Waals surface area contributed by atoms with Gasteiger partial charge in [0, 0.05) is 0 Å². The van der Waals surface area contributed by atoms with E-state index in [1.54, 1.807) is 19.2 Å². The van der Waals surface area contributed by atoms with Gasteiger partial charge in [0.1, 0.15) is 0 Å². The molecule has 1 nitrogen and oxygen atoms in total. The van der Waals surface area contributed by atoms with Crippen molar-refractivity contribution in [3.63, 3.8) is 0 Å². The second-order valence-corrected chi connectivity index (χ2v) is 6.80. The fourth-order valence-electron chi connectivity index (χ4n) is 3.73. The third-order valence-corrected chi connectivity index (χ3v) is 5.45. The Morgan fingerprint density at radius 1 is 1.00 bits per heavy atom. The number of hydrogen-bond donors (Lipinski definition) is 0. The quantitative estimate of drug-likeness (QED) is 0.642. The molecule has 0 saturated heterocycles. The summed E-state index contributed by atoms with van der Waals surface area (Å²) in [5.74, 6) is 0.949. The fourth-order valence-corrected chi connectivity index (χ4v) is 4.47. The molecule has 0 aromatic heterocycles. The van der Waals surface area contributed by atoms with Crippen LogP contribution in [0.1, 0.15) is 38.5 Å². The summed E-state index contributed by atoms with van der Waals surface area (Å²) < 4.78 is 35.4. The van der Waals surface area contributed by atoms with Crippen LogP contribution in [0.4, 0.5) is 8.78 Å². The average molecular weight is 444 g/mol. The molecule has 0 bridgehead atoms.